The van der Waals surface area contributed by atoms with Crippen LogP contribution in [0.2, 0.25) is 0 Å². The average molecular weight is 525 g/mol. The van der Waals surface area contributed by atoms with Crippen LogP contribution in [0.5, 0.6) is 0 Å². The summed E-state index contributed by atoms with van der Waals surface area (Å²) in [6.45, 7) is 0. The van der Waals surface area contributed by atoms with Gasteiger partial charge in [-0.25, -0.2) is 0 Å². The normalized spacial score (nSPS) is 11.1. The number of rotatable bonds is 2. The molecule has 0 spiro atoms. The molecule has 0 aromatic heterocycles. The van der Waals surface area contributed by atoms with Gasteiger partial charge < -0.3 is 0 Å². The molecule has 0 saturated heterocycles. The summed E-state index contributed by atoms with van der Waals surface area (Å²) >= 11 is -4.10. The molecule has 0 heterocycles. The molecule has 0 aromatic rings. The Balaban J connectivity index is 3.89. The molecule has 0 aliphatic rings. The van der Waals surface area contributed by atoms with Gasteiger partial charge in [0.15, 0.2) is 0 Å². The van der Waals surface area contributed by atoms with Gasteiger partial charge in [-0.2, -0.15) is 0 Å². The van der Waals surface area contributed by atoms with Crippen LogP contribution in [0.4, 0.5) is 0 Å². The van der Waals surface area contributed by atoms with Crippen LogP contribution in [-0.4, -0.2) is 52.4 Å². The van der Waals surface area contributed by atoms with E-state index in [9.17, 15) is 7.61 Å². The first-order valence-electron chi connectivity index (χ1n) is 1.14. The van der Waals surface area contributed by atoms with Crippen LogP contribution in [0.3, 0.4) is 0 Å². The van der Waals surface area contributed by atoms with Gasteiger partial charge in [-0.05, 0) is 0 Å². The molecule has 0 aliphatic carbocycles. The van der Waals surface area contributed by atoms with Crippen molar-refractivity contribution in [1.29, 1.82) is 0 Å². The maximum atomic E-state index is 10.1. The second-order valence-corrected chi connectivity index (χ2v) is 8.65. The summed E-state index contributed by atoms with van der Waals surface area (Å²) in [6, 6.07) is 0. The summed E-state index contributed by atoms with van der Waals surface area (Å²) in [5, 5.41) is 0. The monoisotopic (exact) mass is 526 g/mol. The van der Waals surface area contributed by atoms with Crippen molar-refractivity contribution in [1.82, 2.24) is 0 Å². The SMILES string of the molecule is [O]=[Cr](=[O])([O][Tl])[O][Tl]. The van der Waals surface area contributed by atoms with E-state index in [0.717, 1.165) is 0 Å². The second-order valence-electron chi connectivity index (χ2n) is 0.601. The summed E-state index contributed by atoms with van der Waals surface area (Å²) in [7, 11) is 0. The van der Waals surface area contributed by atoms with E-state index in [4.69, 9.17) is 0 Å². The quantitative estimate of drug-likeness (QED) is 0.429. The minimum atomic E-state index is -4.16. The predicted molar refractivity (Wildman–Crippen MR) is 15.1 cm³/mol. The Kier molecular flexibility index (Phi) is 4.87. The van der Waals surface area contributed by atoms with E-state index in [1.165, 1.54) is 0 Å². The summed E-state index contributed by atoms with van der Waals surface area (Å²) in [5.41, 5.74) is 0. The van der Waals surface area contributed by atoms with Crippen molar-refractivity contribution >= 4 is 52.4 Å². The molecule has 0 rings (SSSR count). The molecule has 36 valence electrons. The van der Waals surface area contributed by atoms with Crippen LogP contribution in [0.15, 0.2) is 0 Å². The molecule has 0 fully saturated rings. The summed E-state index contributed by atoms with van der Waals surface area (Å²) in [6.07, 6.45) is 0. The molecule has 0 saturated carbocycles. The Hall–Kier alpha value is 1.90. The van der Waals surface area contributed by atoms with Gasteiger partial charge in [-0.3, -0.25) is 0 Å². The first-order chi connectivity index (χ1) is 3.12. The molecule has 0 N–H and O–H groups in total. The fraction of sp³-hybridized carbons (Fsp3) is 0. The second kappa shape index (κ2) is 3.83. The molecule has 0 unspecified atom stereocenters. The Morgan fingerprint density at radius 1 is 1.14 bits per heavy atom. The average Bonchev–Trinajstić information content (AvgIpc) is 1.68. The third kappa shape index (κ3) is 4.40. The molecule has 0 aliphatic heterocycles. The van der Waals surface area contributed by atoms with Crippen LogP contribution in [0.1, 0.15) is 0 Å². The van der Waals surface area contributed by atoms with Gasteiger partial charge in [0.2, 0.25) is 0 Å². The van der Waals surface area contributed by atoms with Crippen molar-refractivity contribution in [2.45, 2.75) is 0 Å². The zero-order valence-electron chi connectivity index (χ0n) is 3.20. The van der Waals surface area contributed by atoms with Gasteiger partial charge in [0.05, 0.1) is 0 Å². The Bertz CT molecular complexity index is 113. The van der Waals surface area contributed by atoms with Crippen LogP contribution in [0, 0.1) is 0 Å². The molecule has 0 amide bonds. The topological polar surface area (TPSA) is 52.6 Å². The fourth-order valence-corrected chi connectivity index (χ4v) is 7.20. The van der Waals surface area contributed by atoms with E-state index in [1.54, 1.807) is 0 Å². The van der Waals surface area contributed by atoms with E-state index in [0.29, 0.717) is 0 Å². The van der Waals surface area contributed by atoms with Gasteiger partial charge in [0.1, 0.15) is 0 Å². The van der Waals surface area contributed by atoms with E-state index in [1.807, 2.05) is 0 Å². The van der Waals surface area contributed by atoms with Crippen LogP contribution >= 0.6 is 0 Å². The van der Waals surface area contributed by atoms with E-state index in [2.05, 4.69) is 3.48 Å². The molecule has 4 nitrogen and oxygen atoms in total. The number of hydrogen-bond donors (Lipinski definition) is 0. The zero-order valence-corrected chi connectivity index (χ0v) is 13.4. The summed E-state index contributed by atoms with van der Waals surface area (Å²) < 4.78 is 28.4. The van der Waals surface area contributed by atoms with Gasteiger partial charge >= 0.3 is 77.1 Å². The molecule has 0 bridgehead atoms. The van der Waals surface area contributed by atoms with Crippen LogP contribution in [0.25, 0.3) is 0 Å². The Morgan fingerprint density at radius 3 is 1.43 bits per heavy atom. The van der Waals surface area contributed by atoms with E-state index >= 15 is 0 Å². The van der Waals surface area contributed by atoms with Gasteiger partial charge in [-0.15, -0.1) is 0 Å². The molecule has 0 radical (unpaired) electrons. The van der Waals surface area contributed by atoms with Crippen LogP contribution in [-0.2, 0) is 24.7 Å². The molecule has 7 heavy (non-hydrogen) atoms. The van der Waals surface area contributed by atoms with Crippen molar-refractivity contribution < 1.29 is 24.7 Å². The maximum absolute atomic E-state index is 10.1. The number of hydrogen-bond acceptors (Lipinski definition) is 4. The van der Waals surface area contributed by atoms with Crippen LogP contribution < -0.4 is 0 Å². The van der Waals surface area contributed by atoms with Gasteiger partial charge in [-0.1, -0.05) is 0 Å². The van der Waals surface area contributed by atoms with Crippen molar-refractivity contribution in [3.05, 3.63) is 0 Å². The standard InChI is InChI=1S/Cr.4O.2Tl. The van der Waals surface area contributed by atoms with Crippen molar-refractivity contribution in [2.24, 2.45) is 0 Å². The minimum absolute atomic E-state index is 0.0266. The Labute approximate surface area is 76.0 Å². The predicted octanol–water partition coefficient (Wildman–Crippen LogP) is -1.14. The third-order valence-electron chi connectivity index (χ3n) is 0.236. The first-order valence-corrected chi connectivity index (χ1v) is 6.89. The van der Waals surface area contributed by atoms with Crippen molar-refractivity contribution in [2.75, 3.05) is 0 Å². The molecular weight excluding hydrogens is 525 g/mol. The fourth-order valence-electron chi connectivity index (χ4n) is 0.0227. The van der Waals surface area contributed by atoms with E-state index in [-0.39, 0.29) is 52.4 Å². The zero-order chi connectivity index (χ0) is 5.91. The van der Waals surface area contributed by atoms with Crippen molar-refractivity contribution in [3.63, 3.8) is 0 Å². The van der Waals surface area contributed by atoms with E-state index < -0.39 is 13.6 Å². The summed E-state index contributed by atoms with van der Waals surface area (Å²) in [5.74, 6) is 0. The Morgan fingerprint density at radius 2 is 1.43 bits per heavy atom. The molecule has 7 heteroatoms. The molecular formula is CrO4Tl2. The molecule has 0 aromatic carbocycles. The third-order valence-corrected chi connectivity index (χ3v) is 8.53. The van der Waals surface area contributed by atoms with Crippen molar-refractivity contribution in [3.8, 4) is 0 Å². The molecule has 0 atom stereocenters. The van der Waals surface area contributed by atoms with Gasteiger partial charge in [0, 0.05) is 0 Å². The van der Waals surface area contributed by atoms with Gasteiger partial charge in [0.25, 0.3) is 0 Å². The summed E-state index contributed by atoms with van der Waals surface area (Å²) in [4.78, 5) is 0. The first kappa shape index (κ1) is 8.90.